The summed E-state index contributed by atoms with van der Waals surface area (Å²) >= 11 is 15.6. The first kappa shape index (κ1) is 20.7. The molecule has 1 amide bonds. The number of hydrazone groups is 1. The molecule has 3 rings (SSSR count). The molecule has 0 atom stereocenters. The second-order valence-electron chi connectivity index (χ2n) is 5.92. The summed E-state index contributed by atoms with van der Waals surface area (Å²) in [7, 11) is 1.57. The van der Waals surface area contributed by atoms with E-state index in [-0.39, 0.29) is 5.91 Å². The summed E-state index contributed by atoms with van der Waals surface area (Å²) < 4.78 is 11.7. The molecule has 0 aliphatic carbocycles. The molecule has 0 radical (unpaired) electrons. The molecule has 0 unspecified atom stereocenters. The van der Waals surface area contributed by atoms with Crippen molar-refractivity contribution in [3.8, 4) is 11.5 Å². The number of methoxy groups -OCH3 is 1. The van der Waals surface area contributed by atoms with Crippen LogP contribution in [0.3, 0.4) is 0 Å². The first-order valence-electron chi connectivity index (χ1n) is 8.42. The number of rotatable bonds is 5. The molecular weight excluding hydrogens is 467 g/mol. The van der Waals surface area contributed by atoms with E-state index in [1.54, 1.807) is 38.3 Å². The van der Waals surface area contributed by atoms with E-state index in [2.05, 4.69) is 21.0 Å². The predicted molar refractivity (Wildman–Crippen MR) is 117 cm³/mol. The molecule has 0 N–H and O–H groups in total. The van der Waals surface area contributed by atoms with E-state index >= 15 is 0 Å². The molecule has 5 nitrogen and oxygen atoms in total. The molecule has 0 saturated heterocycles. The number of hydrogen-bond donors (Lipinski definition) is 0. The van der Waals surface area contributed by atoms with E-state index in [0.29, 0.717) is 45.1 Å². The van der Waals surface area contributed by atoms with Gasteiger partial charge in [-0.05, 0) is 55.8 Å². The maximum Gasteiger partial charge on any atom is 0.280 e. The van der Waals surface area contributed by atoms with Crippen LogP contribution in [0.2, 0.25) is 10.0 Å². The standard InChI is InChI=1S/C20H17BrCl2N2O3/c1-4-28-19-10-15(21)12(8-18(19)27-3)7-14-11(2)24-25(20(14)26)13-5-6-16(22)17(23)9-13/h5-10H,4H2,1-3H3/b14-7-. The molecule has 1 aliphatic rings. The topological polar surface area (TPSA) is 51.1 Å². The van der Waals surface area contributed by atoms with E-state index < -0.39 is 0 Å². The van der Waals surface area contributed by atoms with Gasteiger partial charge in [0, 0.05) is 4.47 Å². The molecular formula is C20H17BrCl2N2O3. The monoisotopic (exact) mass is 482 g/mol. The number of nitrogens with zero attached hydrogens (tertiary/aromatic N) is 2. The third kappa shape index (κ3) is 4.04. The third-order valence-corrected chi connectivity index (χ3v) is 5.52. The van der Waals surface area contributed by atoms with Crippen LogP contribution in [-0.2, 0) is 4.79 Å². The van der Waals surface area contributed by atoms with Crippen LogP contribution in [0, 0.1) is 0 Å². The fraction of sp³-hybridized carbons (Fsp3) is 0.200. The van der Waals surface area contributed by atoms with Gasteiger partial charge in [-0.2, -0.15) is 10.1 Å². The van der Waals surface area contributed by atoms with Crippen LogP contribution in [0.25, 0.3) is 6.08 Å². The number of benzene rings is 2. The zero-order chi connectivity index (χ0) is 20.4. The minimum absolute atomic E-state index is 0.254. The Bertz CT molecular complexity index is 1010. The number of ether oxygens (including phenoxy) is 2. The average Bonchev–Trinajstić information content (AvgIpc) is 2.94. The first-order valence-corrected chi connectivity index (χ1v) is 9.97. The van der Waals surface area contributed by atoms with Crippen molar-refractivity contribution in [3.05, 3.63) is 56.0 Å². The predicted octanol–water partition coefficient (Wildman–Crippen LogP) is 5.97. The summed E-state index contributed by atoms with van der Waals surface area (Å²) in [5.41, 5.74) is 2.38. The highest BCUT2D eigenvalue weighted by Gasteiger charge is 2.29. The largest absolute Gasteiger partial charge is 0.493 e. The Hall–Kier alpha value is -2.02. The molecule has 1 aliphatic heterocycles. The van der Waals surface area contributed by atoms with Gasteiger partial charge in [0.25, 0.3) is 5.91 Å². The van der Waals surface area contributed by atoms with Crippen LogP contribution in [0.4, 0.5) is 5.69 Å². The van der Waals surface area contributed by atoms with Crippen LogP contribution in [-0.4, -0.2) is 25.3 Å². The summed E-state index contributed by atoms with van der Waals surface area (Å²) in [6.45, 7) is 4.20. The van der Waals surface area contributed by atoms with Gasteiger partial charge in [0.05, 0.1) is 40.7 Å². The fourth-order valence-corrected chi connectivity index (χ4v) is 3.45. The van der Waals surface area contributed by atoms with Crippen LogP contribution < -0.4 is 14.5 Å². The molecule has 2 aromatic rings. The molecule has 0 bridgehead atoms. The summed E-state index contributed by atoms with van der Waals surface area (Å²) in [6.07, 6.45) is 1.76. The number of carbonyl (C=O) groups excluding carboxylic acids is 1. The summed E-state index contributed by atoms with van der Waals surface area (Å²) in [5, 5.41) is 6.45. The molecule has 0 aromatic heterocycles. The molecule has 146 valence electrons. The second kappa shape index (κ2) is 8.55. The molecule has 0 fully saturated rings. The lowest BCUT2D eigenvalue weighted by atomic mass is 10.1. The molecule has 0 spiro atoms. The van der Waals surface area contributed by atoms with Crippen LogP contribution in [0.1, 0.15) is 19.4 Å². The SMILES string of the molecule is CCOc1cc(Br)c(/C=C2\C(=O)N(c3ccc(Cl)c(Cl)c3)N=C2C)cc1OC. The number of hydrogen-bond acceptors (Lipinski definition) is 4. The quantitative estimate of drug-likeness (QED) is 0.492. The number of carbonyl (C=O) groups is 1. The van der Waals surface area contributed by atoms with Crippen LogP contribution in [0.15, 0.2) is 45.5 Å². The minimum Gasteiger partial charge on any atom is -0.493 e. The van der Waals surface area contributed by atoms with E-state index in [1.807, 2.05) is 19.1 Å². The maximum atomic E-state index is 12.9. The Labute approximate surface area is 181 Å². The van der Waals surface area contributed by atoms with Gasteiger partial charge in [-0.15, -0.1) is 0 Å². The van der Waals surface area contributed by atoms with Crippen molar-refractivity contribution in [2.45, 2.75) is 13.8 Å². The Balaban J connectivity index is 1.98. The van der Waals surface area contributed by atoms with Crippen molar-refractivity contribution in [1.82, 2.24) is 0 Å². The van der Waals surface area contributed by atoms with Crippen molar-refractivity contribution in [3.63, 3.8) is 0 Å². The smallest absolute Gasteiger partial charge is 0.280 e. The average molecular weight is 484 g/mol. The molecule has 0 saturated carbocycles. The van der Waals surface area contributed by atoms with Crippen molar-refractivity contribution >= 4 is 62.5 Å². The van der Waals surface area contributed by atoms with Crippen molar-refractivity contribution in [2.24, 2.45) is 5.10 Å². The fourth-order valence-electron chi connectivity index (χ4n) is 2.72. The zero-order valence-electron chi connectivity index (χ0n) is 15.4. The molecule has 2 aromatic carbocycles. The van der Waals surface area contributed by atoms with Gasteiger partial charge in [-0.3, -0.25) is 4.79 Å². The van der Waals surface area contributed by atoms with E-state index in [4.69, 9.17) is 32.7 Å². The van der Waals surface area contributed by atoms with Gasteiger partial charge in [0.1, 0.15) is 0 Å². The molecule has 1 heterocycles. The van der Waals surface area contributed by atoms with Gasteiger partial charge >= 0.3 is 0 Å². The van der Waals surface area contributed by atoms with Gasteiger partial charge < -0.3 is 9.47 Å². The van der Waals surface area contributed by atoms with Gasteiger partial charge in [0.2, 0.25) is 0 Å². The Morgan fingerprint density at radius 1 is 1.18 bits per heavy atom. The normalized spacial score (nSPS) is 15.2. The summed E-state index contributed by atoms with van der Waals surface area (Å²) in [4.78, 5) is 12.9. The second-order valence-corrected chi connectivity index (χ2v) is 7.59. The zero-order valence-corrected chi connectivity index (χ0v) is 18.5. The highest BCUT2D eigenvalue weighted by molar-refractivity contribution is 9.10. The third-order valence-electron chi connectivity index (χ3n) is 4.09. The lowest BCUT2D eigenvalue weighted by Gasteiger charge is -2.13. The summed E-state index contributed by atoms with van der Waals surface area (Å²) in [6, 6.07) is 8.56. The Morgan fingerprint density at radius 2 is 1.93 bits per heavy atom. The van der Waals surface area contributed by atoms with Crippen LogP contribution in [0.5, 0.6) is 11.5 Å². The Morgan fingerprint density at radius 3 is 2.57 bits per heavy atom. The highest BCUT2D eigenvalue weighted by atomic mass is 79.9. The van der Waals surface area contributed by atoms with Gasteiger partial charge in [-0.25, -0.2) is 0 Å². The maximum absolute atomic E-state index is 12.9. The van der Waals surface area contributed by atoms with E-state index in [0.717, 1.165) is 10.0 Å². The molecule has 28 heavy (non-hydrogen) atoms. The lowest BCUT2D eigenvalue weighted by molar-refractivity contribution is -0.114. The minimum atomic E-state index is -0.254. The van der Waals surface area contributed by atoms with E-state index in [1.165, 1.54) is 5.01 Å². The van der Waals surface area contributed by atoms with E-state index in [9.17, 15) is 4.79 Å². The number of halogens is 3. The van der Waals surface area contributed by atoms with Crippen molar-refractivity contribution in [1.29, 1.82) is 0 Å². The number of anilines is 1. The molecule has 8 heteroatoms. The van der Waals surface area contributed by atoms with Gasteiger partial charge in [-0.1, -0.05) is 39.1 Å². The highest BCUT2D eigenvalue weighted by Crippen LogP contribution is 2.36. The first-order chi connectivity index (χ1) is 13.3. The summed E-state index contributed by atoms with van der Waals surface area (Å²) in [5.74, 6) is 0.952. The Kier molecular flexibility index (Phi) is 6.33. The lowest BCUT2D eigenvalue weighted by Crippen LogP contribution is -2.21. The van der Waals surface area contributed by atoms with Gasteiger partial charge in [0.15, 0.2) is 11.5 Å². The van der Waals surface area contributed by atoms with Crippen LogP contribution >= 0.6 is 39.1 Å². The van der Waals surface area contributed by atoms with Crippen molar-refractivity contribution in [2.75, 3.05) is 18.7 Å². The van der Waals surface area contributed by atoms with Crippen molar-refractivity contribution < 1.29 is 14.3 Å². The number of amides is 1.